The van der Waals surface area contributed by atoms with Gasteiger partial charge < -0.3 is 15.0 Å². The van der Waals surface area contributed by atoms with E-state index in [1.807, 2.05) is 0 Å². The Morgan fingerprint density at radius 2 is 1.95 bits per heavy atom. The third-order valence-corrected chi connectivity index (χ3v) is 2.78. The number of carbonyl (C=O) groups excluding carboxylic acids is 2. The first kappa shape index (κ1) is 15.2. The summed E-state index contributed by atoms with van der Waals surface area (Å²) in [5, 5.41) is 2.42. The molecule has 21 heavy (non-hydrogen) atoms. The Kier molecular flexibility index (Phi) is 3.85. The number of esters is 1. The van der Waals surface area contributed by atoms with Gasteiger partial charge in [-0.25, -0.2) is 13.6 Å². The number of halogens is 2. The molecule has 0 atom stereocenters. The van der Waals surface area contributed by atoms with Crippen LogP contribution in [0.1, 0.15) is 26.3 Å². The molecule has 7 heteroatoms. The third kappa shape index (κ3) is 3.68. The molecule has 0 aliphatic carbocycles. The van der Waals surface area contributed by atoms with Crippen molar-refractivity contribution < 1.29 is 23.1 Å². The van der Waals surface area contributed by atoms with Crippen molar-refractivity contribution in [1.82, 2.24) is 4.90 Å². The van der Waals surface area contributed by atoms with E-state index in [-0.39, 0.29) is 18.8 Å². The van der Waals surface area contributed by atoms with Crippen LogP contribution in [0.25, 0.3) is 0 Å². The van der Waals surface area contributed by atoms with Gasteiger partial charge in [0.05, 0.1) is 12.2 Å². The van der Waals surface area contributed by atoms with Gasteiger partial charge in [0.1, 0.15) is 12.1 Å². The van der Waals surface area contributed by atoms with Crippen LogP contribution in [-0.4, -0.2) is 29.0 Å². The highest BCUT2D eigenvalue weighted by Gasteiger charge is 2.27. The van der Waals surface area contributed by atoms with E-state index in [4.69, 9.17) is 4.74 Å². The van der Waals surface area contributed by atoms with Gasteiger partial charge in [-0.1, -0.05) is 0 Å². The molecule has 1 aromatic carbocycles. The van der Waals surface area contributed by atoms with E-state index >= 15 is 0 Å². The van der Waals surface area contributed by atoms with Crippen molar-refractivity contribution >= 4 is 17.7 Å². The molecule has 1 aliphatic heterocycles. The third-order valence-electron chi connectivity index (χ3n) is 2.78. The number of ether oxygens (including phenoxy) is 1. The maximum absolute atomic E-state index is 13.2. The van der Waals surface area contributed by atoms with Crippen molar-refractivity contribution in [3.8, 4) is 0 Å². The Balaban J connectivity index is 2.12. The second kappa shape index (κ2) is 5.31. The molecule has 0 spiro atoms. The van der Waals surface area contributed by atoms with Crippen LogP contribution in [0, 0.1) is 11.6 Å². The fourth-order valence-electron chi connectivity index (χ4n) is 1.96. The number of hydrogen-bond acceptors (Lipinski definition) is 3. The van der Waals surface area contributed by atoms with E-state index in [1.165, 1.54) is 4.90 Å². The molecule has 0 saturated heterocycles. The van der Waals surface area contributed by atoms with E-state index in [0.717, 1.165) is 12.1 Å². The number of anilines is 1. The normalized spacial score (nSPS) is 14.5. The van der Waals surface area contributed by atoms with Crippen LogP contribution in [0.5, 0.6) is 0 Å². The van der Waals surface area contributed by atoms with Gasteiger partial charge in [-0.3, -0.25) is 4.79 Å². The maximum atomic E-state index is 13.2. The molecule has 1 N–H and O–H groups in total. The minimum atomic E-state index is -1.03. The highest BCUT2D eigenvalue weighted by molar-refractivity contribution is 5.94. The van der Waals surface area contributed by atoms with Crippen LogP contribution < -0.4 is 5.32 Å². The molecule has 2 rings (SSSR count). The first-order valence-corrected chi connectivity index (χ1v) is 6.41. The number of fused-ring (bicyclic) bond motifs is 1. The second-order valence-corrected chi connectivity index (χ2v) is 5.80. The maximum Gasteiger partial charge on any atom is 0.326 e. The Morgan fingerprint density at radius 3 is 2.57 bits per heavy atom. The lowest BCUT2D eigenvalue weighted by atomic mass is 10.1. The van der Waals surface area contributed by atoms with Gasteiger partial charge in [0, 0.05) is 6.07 Å². The predicted molar refractivity (Wildman–Crippen MR) is 71.6 cm³/mol. The summed E-state index contributed by atoms with van der Waals surface area (Å²) in [4.78, 5) is 24.7. The number of nitrogens with zero attached hydrogens (tertiary/aromatic N) is 1. The van der Waals surface area contributed by atoms with Crippen molar-refractivity contribution in [1.29, 1.82) is 0 Å². The zero-order chi connectivity index (χ0) is 15.8. The molecule has 1 aliphatic rings. The summed E-state index contributed by atoms with van der Waals surface area (Å²) in [6.07, 6.45) is 0. The largest absolute Gasteiger partial charge is 0.459 e. The molecule has 2 amide bonds. The average molecular weight is 298 g/mol. The van der Waals surface area contributed by atoms with Gasteiger partial charge in [0.15, 0.2) is 11.6 Å². The highest BCUT2D eigenvalue weighted by Crippen LogP contribution is 2.26. The molecule has 0 fully saturated rings. The molecular weight excluding hydrogens is 282 g/mol. The standard InChI is InChI=1S/C14H16F2N2O3/c1-14(2,3)21-12(19)7-18-6-8-4-9(15)10(16)5-11(8)17-13(18)20/h4-5H,6-7H2,1-3H3,(H,17,20). The van der Waals surface area contributed by atoms with Crippen LogP contribution in [0.3, 0.4) is 0 Å². The summed E-state index contributed by atoms with van der Waals surface area (Å²) < 4.78 is 31.5. The topological polar surface area (TPSA) is 58.6 Å². The van der Waals surface area contributed by atoms with Gasteiger partial charge in [0.25, 0.3) is 0 Å². The van der Waals surface area contributed by atoms with Crippen molar-refractivity contribution in [3.05, 3.63) is 29.3 Å². The molecule has 0 aromatic heterocycles. The zero-order valence-electron chi connectivity index (χ0n) is 12.0. The van der Waals surface area contributed by atoms with Crippen molar-refractivity contribution in [2.24, 2.45) is 0 Å². The molecule has 1 aromatic rings. The van der Waals surface area contributed by atoms with Crippen molar-refractivity contribution in [2.45, 2.75) is 32.9 Å². The molecule has 0 saturated carbocycles. The predicted octanol–water partition coefficient (Wildman–Crippen LogP) is 2.65. The first-order valence-electron chi connectivity index (χ1n) is 6.41. The molecule has 0 unspecified atom stereocenters. The van der Waals surface area contributed by atoms with E-state index in [9.17, 15) is 18.4 Å². The lowest BCUT2D eigenvalue weighted by Crippen LogP contribution is -2.43. The van der Waals surface area contributed by atoms with E-state index in [2.05, 4.69) is 5.32 Å². The smallest absolute Gasteiger partial charge is 0.326 e. The SMILES string of the molecule is CC(C)(C)OC(=O)CN1Cc2cc(F)c(F)cc2NC1=O. The number of hydrogen-bond donors (Lipinski definition) is 1. The van der Waals surface area contributed by atoms with Gasteiger partial charge in [-0.05, 0) is 32.4 Å². The Hall–Kier alpha value is -2.18. The number of urea groups is 1. The molecule has 114 valence electrons. The Bertz CT molecular complexity index is 597. The van der Waals surface area contributed by atoms with Gasteiger partial charge in [-0.15, -0.1) is 0 Å². The van der Waals surface area contributed by atoms with E-state index < -0.39 is 29.2 Å². The monoisotopic (exact) mass is 298 g/mol. The van der Waals surface area contributed by atoms with Gasteiger partial charge in [0.2, 0.25) is 0 Å². The number of benzene rings is 1. The fourth-order valence-corrected chi connectivity index (χ4v) is 1.96. The minimum absolute atomic E-state index is 0.0115. The summed E-state index contributed by atoms with van der Waals surface area (Å²) in [5.41, 5.74) is -0.0485. The molecule has 1 heterocycles. The Labute approximate surface area is 120 Å². The molecule has 0 radical (unpaired) electrons. The number of amides is 2. The van der Waals surface area contributed by atoms with E-state index in [0.29, 0.717) is 5.56 Å². The summed E-state index contributed by atoms with van der Waals surface area (Å²) in [5.74, 6) is -2.60. The summed E-state index contributed by atoms with van der Waals surface area (Å²) in [7, 11) is 0. The molecular formula is C14H16F2N2O3. The van der Waals surface area contributed by atoms with Crippen molar-refractivity contribution in [2.75, 3.05) is 11.9 Å². The number of carbonyl (C=O) groups is 2. The number of nitrogens with one attached hydrogen (secondary N) is 1. The van der Waals surface area contributed by atoms with Crippen LogP contribution in [-0.2, 0) is 16.1 Å². The first-order chi connectivity index (χ1) is 9.65. The summed E-state index contributed by atoms with van der Waals surface area (Å²) in [6.45, 7) is 4.90. The summed E-state index contributed by atoms with van der Waals surface area (Å²) >= 11 is 0. The second-order valence-electron chi connectivity index (χ2n) is 5.80. The summed E-state index contributed by atoms with van der Waals surface area (Å²) in [6, 6.07) is 1.37. The molecule has 0 bridgehead atoms. The van der Waals surface area contributed by atoms with Crippen LogP contribution in [0.2, 0.25) is 0 Å². The van der Waals surface area contributed by atoms with Crippen LogP contribution in [0.15, 0.2) is 12.1 Å². The van der Waals surface area contributed by atoms with Crippen molar-refractivity contribution in [3.63, 3.8) is 0 Å². The van der Waals surface area contributed by atoms with Crippen LogP contribution in [0.4, 0.5) is 19.3 Å². The number of rotatable bonds is 2. The fraction of sp³-hybridized carbons (Fsp3) is 0.429. The highest BCUT2D eigenvalue weighted by atomic mass is 19.2. The van der Waals surface area contributed by atoms with Gasteiger partial charge in [-0.2, -0.15) is 0 Å². The average Bonchev–Trinajstić information content (AvgIpc) is 2.30. The lowest BCUT2D eigenvalue weighted by molar-refractivity contribution is -0.155. The lowest BCUT2D eigenvalue weighted by Gasteiger charge is -2.29. The zero-order valence-corrected chi connectivity index (χ0v) is 12.0. The quantitative estimate of drug-likeness (QED) is 0.854. The minimum Gasteiger partial charge on any atom is -0.459 e. The van der Waals surface area contributed by atoms with E-state index in [1.54, 1.807) is 20.8 Å². The van der Waals surface area contributed by atoms with Gasteiger partial charge >= 0.3 is 12.0 Å². The van der Waals surface area contributed by atoms with Crippen LogP contribution >= 0.6 is 0 Å². The molecule has 5 nitrogen and oxygen atoms in total. The Morgan fingerprint density at radius 1 is 1.33 bits per heavy atom.